The first-order chi connectivity index (χ1) is 18.9. The van der Waals surface area contributed by atoms with E-state index in [-0.39, 0.29) is 35.6 Å². The second-order valence-corrected chi connectivity index (χ2v) is 10.8. The minimum atomic E-state index is -0.682. The predicted octanol–water partition coefficient (Wildman–Crippen LogP) is 5.18. The van der Waals surface area contributed by atoms with Crippen LogP contribution in [-0.4, -0.2) is 28.5 Å². The highest BCUT2D eigenvalue weighted by Gasteiger charge is 2.56. The van der Waals surface area contributed by atoms with E-state index in [1.54, 1.807) is 31.2 Å². The lowest BCUT2D eigenvalue weighted by atomic mass is 9.59. The zero-order valence-corrected chi connectivity index (χ0v) is 21.3. The fourth-order valence-electron chi connectivity index (χ4n) is 7.07. The van der Waals surface area contributed by atoms with Crippen LogP contribution in [0.4, 0.5) is 5.69 Å². The molecule has 4 aliphatic rings. The maximum atomic E-state index is 13.9. The van der Waals surface area contributed by atoms with Crippen molar-refractivity contribution in [2.24, 2.45) is 17.8 Å². The Morgan fingerprint density at radius 1 is 0.846 bits per heavy atom. The van der Waals surface area contributed by atoms with Crippen LogP contribution >= 0.6 is 0 Å². The molecule has 1 N–H and O–H groups in total. The summed E-state index contributed by atoms with van der Waals surface area (Å²) < 4.78 is 0. The summed E-state index contributed by atoms with van der Waals surface area (Å²) >= 11 is 0. The summed E-state index contributed by atoms with van der Waals surface area (Å²) in [4.78, 5) is 55.6. The van der Waals surface area contributed by atoms with Crippen molar-refractivity contribution in [3.63, 3.8) is 0 Å². The quantitative estimate of drug-likeness (QED) is 0.289. The highest BCUT2D eigenvalue weighted by atomic mass is 16.3. The maximum absolute atomic E-state index is 13.9. The Morgan fingerprint density at radius 3 is 2.38 bits per heavy atom. The SMILES string of the molecule is CC1=CC(=O)C2=C(CC3C(=CCC4C(=O)N(c5ccccc5)C(=O)C43)C2c2ccc3ccccc3c2O)C1=O. The number of hydrogen-bond acceptors (Lipinski definition) is 5. The molecular weight excluding hydrogens is 490 g/mol. The topological polar surface area (TPSA) is 91.8 Å². The Kier molecular flexibility index (Phi) is 5.11. The van der Waals surface area contributed by atoms with Crippen LogP contribution < -0.4 is 4.90 Å². The van der Waals surface area contributed by atoms with Gasteiger partial charge in [0.2, 0.25) is 11.8 Å². The molecule has 6 heteroatoms. The summed E-state index contributed by atoms with van der Waals surface area (Å²) in [6.07, 6.45) is 3.91. The van der Waals surface area contributed by atoms with Gasteiger partial charge in [-0.1, -0.05) is 66.2 Å². The van der Waals surface area contributed by atoms with Crippen molar-refractivity contribution in [3.05, 3.63) is 107 Å². The number of Topliss-reactive ketones (excluding diaryl/α,β-unsaturated/α-hetero) is 1. The van der Waals surface area contributed by atoms with Crippen molar-refractivity contribution >= 4 is 39.8 Å². The second-order valence-electron chi connectivity index (χ2n) is 10.8. The van der Waals surface area contributed by atoms with Crippen LogP contribution in [0.2, 0.25) is 0 Å². The molecule has 7 rings (SSSR count). The van der Waals surface area contributed by atoms with Crippen molar-refractivity contribution in [2.75, 3.05) is 4.90 Å². The Hall–Kier alpha value is -4.58. The van der Waals surface area contributed by atoms with Gasteiger partial charge in [-0.2, -0.15) is 0 Å². The Balaban J connectivity index is 1.41. The number of ketones is 2. The molecular formula is C33H25NO5. The molecule has 0 bridgehead atoms. The number of nitrogens with zero attached hydrogens (tertiary/aromatic N) is 1. The van der Waals surface area contributed by atoms with E-state index in [4.69, 9.17) is 0 Å². The summed E-state index contributed by atoms with van der Waals surface area (Å²) in [7, 11) is 0. The lowest BCUT2D eigenvalue weighted by Gasteiger charge is -2.42. The minimum Gasteiger partial charge on any atom is -0.507 e. The van der Waals surface area contributed by atoms with Gasteiger partial charge in [0.05, 0.1) is 17.5 Å². The third-order valence-electron chi connectivity index (χ3n) is 8.82. The molecule has 0 spiro atoms. The number of aromatic hydroxyl groups is 1. The summed E-state index contributed by atoms with van der Waals surface area (Å²) in [6.45, 7) is 1.63. The lowest BCUT2D eigenvalue weighted by molar-refractivity contribution is -0.123. The van der Waals surface area contributed by atoms with Crippen LogP contribution in [-0.2, 0) is 19.2 Å². The predicted molar refractivity (Wildman–Crippen MR) is 146 cm³/mol. The molecule has 3 aromatic carbocycles. The molecule has 1 saturated heterocycles. The first-order valence-electron chi connectivity index (χ1n) is 13.2. The van der Waals surface area contributed by atoms with E-state index in [9.17, 15) is 24.3 Å². The van der Waals surface area contributed by atoms with E-state index >= 15 is 0 Å². The number of carbonyl (C=O) groups excluding carboxylic acids is 4. The molecule has 3 aliphatic carbocycles. The van der Waals surface area contributed by atoms with Gasteiger partial charge in [-0.15, -0.1) is 0 Å². The second kappa shape index (κ2) is 8.46. The van der Waals surface area contributed by atoms with Crippen LogP contribution in [0.5, 0.6) is 5.75 Å². The van der Waals surface area contributed by atoms with Crippen LogP contribution in [0.15, 0.2) is 101 Å². The number of phenols is 1. The van der Waals surface area contributed by atoms with Gasteiger partial charge in [0.15, 0.2) is 11.6 Å². The molecule has 2 amide bonds. The largest absolute Gasteiger partial charge is 0.507 e. The highest BCUT2D eigenvalue weighted by Crippen LogP contribution is 2.56. The van der Waals surface area contributed by atoms with Gasteiger partial charge in [-0.05, 0) is 49.3 Å². The molecule has 0 radical (unpaired) electrons. The van der Waals surface area contributed by atoms with E-state index in [2.05, 4.69) is 0 Å². The molecule has 39 heavy (non-hydrogen) atoms. The van der Waals surface area contributed by atoms with Gasteiger partial charge in [-0.25, -0.2) is 0 Å². The monoisotopic (exact) mass is 515 g/mol. The molecule has 0 aromatic heterocycles. The molecule has 1 heterocycles. The number of benzene rings is 3. The van der Waals surface area contributed by atoms with Crippen molar-refractivity contribution in [1.29, 1.82) is 0 Å². The number of allylic oxidation sites excluding steroid dienone is 6. The standard InChI is InChI=1S/C33H25NO5/c1-17-15-26(35)29-25(30(17)36)16-24-21(27(29)22-12-11-18-7-5-6-10-20(18)31(22)37)13-14-23-28(24)33(39)34(32(23)38)19-8-3-2-4-9-19/h2-13,15,23-24,27-28,37H,14,16H2,1H3. The average Bonchev–Trinajstić information content (AvgIpc) is 3.21. The van der Waals surface area contributed by atoms with Crippen LogP contribution in [0.3, 0.4) is 0 Å². The summed E-state index contributed by atoms with van der Waals surface area (Å²) in [6, 6.07) is 20.1. The van der Waals surface area contributed by atoms with Crippen LogP contribution in [0.25, 0.3) is 10.8 Å². The third kappa shape index (κ3) is 3.27. The van der Waals surface area contributed by atoms with Crippen molar-refractivity contribution in [3.8, 4) is 5.75 Å². The lowest BCUT2D eigenvalue weighted by Crippen LogP contribution is -2.39. The minimum absolute atomic E-state index is 0.0554. The highest BCUT2D eigenvalue weighted by molar-refractivity contribution is 6.25. The number of rotatable bonds is 2. The molecule has 4 unspecified atom stereocenters. The van der Waals surface area contributed by atoms with Crippen LogP contribution in [0, 0.1) is 17.8 Å². The smallest absolute Gasteiger partial charge is 0.238 e. The molecule has 3 aromatic rings. The Labute approximate surface area is 224 Å². The van der Waals surface area contributed by atoms with E-state index in [0.29, 0.717) is 39.8 Å². The maximum Gasteiger partial charge on any atom is 0.238 e. The van der Waals surface area contributed by atoms with Gasteiger partial charge in [0, 0.05) is 33.6 Å². The number of carbonyl (C=O) groups is 4. The zero-order chi connectivity index (χ0) is 27.0. The summed E-state index contributed by atoms with van der Waals surface area (Å²) in [5.74, 6) is -3.23. The van der Waals surface area contributed by atoms with Crippen molar-refractivity contribution in [2.45, 2.75) is 25.7 Å². The summed E-state index contributed by atoms with van der Waals surface area (Å²) in [5, 5.41) is 13.0. The normalized spacial score (nSPS) is 26.3. The van der Waals surface area contributed by atoms with Gasteiger partial charge in [0.25, 0.3) is 0 Å². The van der Waals surface area contributed by atoms with E-state index in [1.807, 2.05) is 48.5 Å². The van der Waals surface area contributed by atoms with Crippen molar-refractivity contribution < 1.29 is 24.3 Å². The molecule has 4 atom stereocenters. The number of amides is 2. The fraction of sp³-hybridized carbons (Fsp3) is 0.212. The number of fused-ring (bicyclic) bond motifs is 4. The molecule has 1 aliphatic heterocycles. The van der Waals surface area contributed by atoms with Gasteiger partial charge < -0.3 is 5.11 Å². The first kappa shape index (κ1) is 23.5. The number of hydrogen-bond donors (Lipinski definition) is 1. The molecule has 6 nitrogen and oxygen atoms in total. The van der Waals surface area contributed by atoms with Gasteiger partial charge in [-0.3, -0.25) is 24.1 Å². The zero-order valence-electron chi connectivity index (χ0n) is 21.3. The number of phenolic OH excluding ortho intramolecular Hbond substituents is 1. The Morgan fingerprint density at radius 2 is 1.59 bits per heavy atom. The number of anilines is 1. The number of para-hydroxylation sites is 1. The summed E-state index contributed by atoms with van der Waals surface area (Å²) in [5.41, 5.74) is 3.00. The number of imide groups is 1. The van der Waals surface area contributed by atoms with Gasteiger partial charge in [0.1, 0.15) is 5.75 Å². The first-order valence-corrected chi connectivity index (χ1v) is 13.2. The molecule has 0 saturated carbocycles. The van der Waals surface area contributed by atoms with Gasteiger partial charge >= 0.3 is 0 Å². The molecule has 1 fully saturated rings. The van der Waals surface area contributed by atoms with E-state index in [0.717, 1.165) is 11.0 Å². The molecule has 192 valence electrons. The Bertz CT molecular complexity index is 1730. The average molecular weight is 516 g/mol. The third-order valence-corrected chi connectivity index (χ3v) is 8.82. The fourth-order valence-corrected chi connectivity index (χ4v) is 7.07. The van der Waals surface area contributed by atoms with Crippen molar-refractivity contribution in [1.82, 2.24) is 0 Å². The van der Waals surface area contributed by atoms with Crippen LogP contribution in [0.1, 0.15) is 31.2 Å². The van der Waals surface area contributed by atoms with E-state index < -0.39 is 23.7 Å². The van der Waals surface area contributed by atoms with E-state index in [1.165, 1.54) is 11.0 Å².